The van der Waals surface area contributed by atoms with E-state index in [1.54, 1.807) is 12.3 Å². The number of carbonyl (C=O) groups is 1. The first-order valence-corrected chi connectivity index (χ1v) is 10.1. The van der Waals surface area contributed by atoms with Gasteiger partial charge in [-0.2, -0.15) is 0 Å². The number of ether oxygens (including phenoxy) is 2. The number of aldehydes is 1. The van der Waals surface area contributed by atoms with Gasteiger partial charge in [-0.1, -0.05) is 29.8 Å². The molecule has 1 atom stereocenters. The molecule has 32 heavy (non-hydrogen) atoms. The van der Waals surface area contributed by atoms with Crippen LogP contribution in [-0.4, -0.2) is 22.5 Å². The Bertz CT molecular complexity index is 1090. The number of nitrogens with zero attached hydrogens (tertiary/aromatic N) is 2. The highest BCUT2D eigenvalue weighted by Gasteiger charge is 2.33. The molecule has 0 fully saturated rings. The Morgan fingerprint density at radius 3 is 2.56 bits per heavy atom. The fraction of sp³-hybridized carbons (Fsp3) is 0.217. The zero-order valence-corrected chi connectivity index (χ0v) is 17.4. The van der Waals surface area contributed by atoms with Crippen LogP contribution < -0.4 is 9.47 Å². The van der Waals surface area contributed by atoms with E-state index in [1.807, 2.05) is 29.2 Å². The molecule has 0 amide bonds. The van der Waals surface area contributed by atoms with Crippen LogP contribution in [0.3, 0.4) is 0 Å². The molecule has 1 aromatic heterocycles. The molecule has 1 aliphatic rings. The Hall–Kier alpha value is -3.10. The van der Waals surface area contributed by atoms with Crippen molar-refractivity contribution in [2.75, 3.05) is 0 Å². The predicted molar refractivity (Wildman–Crippen MR) is 111 cm³/mol. The zero-order valence-electron chi connectivity index (χ0n) is 16.7. The summed E-state index contributed by atoms with van der Waals surface area (Å²) in [5.74, 6) is 0.273. The molecule has 0 radical (unpaired) electrons. The maximum absolute atomic E-state index is 12.3. The smallest absolute Gasteiger partial charge is 0.487 e. The lowest BCUT2D eigenvalue weighted by atomic mass is 10.1. The number of fused-ring (bicyclic) bond motifs is 1. The molecule has 0 aliphatic carbocycles. The minimum atomic E-state index is -4.74. The molecular weight excluding hydrogens is 445 g/mol. The number of benzene rings is 2. The summed E-state index contributed by atoms with van der Waals surface area (Å²) in [7, 11) is 0. The number of aromatic nitrogens is 1. The fourth-order valence-corrected chi connectivity index (χ4v) is 4.01. The second kappa shape index (κ2) is 9.18. The number of halogens is 4. The number of carbonyl (C=O) groups excluding carboxylic acids is 1. The van der Waals surface area contributed by atoms with Gasteiger partial charge in [0.15, 0.2) is 0 Å². The first-order chi connectivity index (χ1) is 15.3. The van der Waals surface area contributed by atoms with E-state index in [9.17, 15) is 18.0 Å². The van der Waals surface area contributed by atoms with E-state index in [-0.39, 0.29) is 12.4 Å². The molecule has 3 aromatic rings. The Labute approximate surface area is 187 Å². The molecule has 4 rings (SSSR count). The second-order valence-corrected chi connectivity index (χ2v) is 7.67. The number of hydrogen-bond donors (Lipinski definition) is 0. The highest BCUT2D eigenvalue weighted by atomic mass is 35.5. The minimum absolute atomic E-state index is 0.281. The van der Waals surface area contributed by atoms with Crippen molar-refractivity contribution in [2.45, 2.75) is 32.1 Å². The first-order valence-electron chi connectivity index (χ1n) is 9.71. The molecule has 2 aromatic carbocycles. The summed E-state index contributed by atoms with van der Waals surface area (Å²) in [5, 5.41) is 0.423. The predicted octanol–water partition coefficient (Wildman–Crippen LogP) is 5.47. The normalized spacial score (nSPS) is 15.9. The van der Waals surface area contributed by atoms with E-state index in [2.05, 4.69) is 9.72 Å². The summed E-state index contributed by atoms with van der Waals surface area (Å²) in [6.45, 7) is 1.08. The van der Waals surface area contributed by atoms with Gasteiger partial charge < -0.3 is 14.3 Å². The molecule has 9 heteroatoms. The standard InChI is InChI=1S/C23H18ClF3N2O3/c24-20-10-19(31-14-17-3-1-2-8-28-17)9-16-12-29(21(13-30)22(16)20)11-15-4-6-18(7-5-15)32-23(25,26)27/h1-10,13,21H,11-12,14H2. The molecular formula is C23H18ClF3N2O3. The molecule has 5 nitrogen and oxygen atoms in total. The van der Waals surface area contributed by atoms with Crippen LogP contribution in [0.5, 0.6) is 11.5 Å². The third kappa shape index (κ3) is 5.20. The lowest BCUT2D eigenvalue weighted by molar-refractivity contribution is -0.274. The molecule has 0 saturated carbocycles. The van der Waals surface area contributed by atoms with Gasteiger partial charge in [-0.15, -0.1) is 13.2 Å². The van der Waals surface area contributed by atoms with Crippen LogP contribution in [0.15, 0.2) is 60.8 Å². The number of hydrogen-bond acceptors (Lipinski definition) is 5. The fourth-order valence-electron chi connectivity index (χ4n) is 3.67. The Morgan fingerprint density at radius 2 is 1.91 bits per heavy atom. The van der Waals surface area contributed by atoms with Gasteiger partial charge in [0.1, 0.15) is 24.4 Å². The van der Waals surface area contributed by atoms with Crippen LogP contribution in [0, 0.1) is 0 Å². The quantitative estimate of drug-likeness (QED) is 0.436. The summed E-state index contributed by atoms with van der Waals surface area (Å²) >= 11 is 6.48. The van der Waals surface area contributed by atoms with Crippen molar-refractivity contribution in [1.29, 1.82) is 0 Å². The van der Waals surface area contributed by atoms with Crippen LogP contribution in [0.25, 0.3) is 0 Å². The molecule has 1 unspecified atom stereocenters. The van der Waals surface area contributed by atoms with Gasteiger partial charge in [-0.05, 0) is 53.1 Å². The average Bonchev–Trinajstić information content (AvgIpc) is 3.11. The molecule has 0 bridgehead atoms. The van der Waals surface area contributed by atoms with Gasteiger partial charge in [0, 0.05) is 24.3 Å². The minimum Gasteiger partial charge on any atom is -0.487 e. The number of pyridine rings is 1. The zero-order chi connectivity index (χ0) is 22.7. The van der Waals surface area contributed by atoms with Crippen LogP contribution >= 0.6 is 11.6 Å². The summed E-state index contributed by atoms with van der Waals surface area (Å²) in [6.07, 6.45) is -2.25. The van der Waals surface area contributed by atoms with Gasteiger partial charge >= 0.3 is 6.36 Å². The van der Waals surface area contributed by atoms with Gasteiger partial charge in [0.05, 0.1) is 11.7 Å². The van der Waals surface area contributed by atoms with Crippen molar-refractivity contribution in [1.82, 2.24) is 9.88 Å². The average molecular weight is 463 g/mol. The summed E-state index contributed by atoms with van der Waals surface area (Å²) in [6, 6.07) is 14.1. The van der Waals surface area contributed by atoms with E-state index in [0.29, 0.717) is 29.4 Å². The molecule has 0 N–H and O–H groups in total. The summed E-state index contributed by atoms with van der Waals surface area (Å²) < 4.78 is 46.7. The van der Waals surface area contributed by atoms with Crippen LogP contribution in [0.1, 0.15) is 28.4 Å². The SMILES string of the molecule is O=CC1c2c(Cl)cc(OCc3ccccn3)cc2CN1Cc1ccc(OC(F)(F)F)cc1. The van der Waals surface area contributed by atoms with Crippen LogP contribution in [0.4, 0.5) is 13.2 Å². The maximum atomic E-state index is 12.3. The second-order valence-electron chi connectivity index (χ2n) is 7.27. The van der Waals surface area contributed by atoms with E-state index in [4.69, 9.17) is 16.3 Å². The molecule has 0 saturated heterocycles. The Balaban J connectivity index is 1.47. The summed E-state index contributed by atoms with van der Waals surface area (Å²) in [5.41, 5.74) is 3.09. The number of rotatable bonds is 7. The van der Waals surface area contributed by atoms with Gasteiger partial charge in [-0.25, -0.2) is 0 Å². The maximum Gasteiger partial charge on any atom is 0.573 e. The van der Waals surface area contributed by atoms with Crippen molar-refractivity contribution < 1.29 is 27.4 Å². The van der Waals surface area contributed by atoms with Gasteiger partial charge in [-0.3, -0.25) is 9.88 Å². The van der Waals surface area contributed by atoms with Gasteiger partial charge in [0.2, 0.25) is 0 Å². The van der Waals surface area contributed by atoms with Crippen molar-refractivity contribution in [3.8, 4) is 11.5 Å². The van der Waals surface area contributed by atoms with E-state index < -0.39 is 12.4 Å². The van der Waals surface area contributed by atoms with E-state index >= 15 is 0 Å². The largest absolute Gasteiger partial charge is 0.573 e. The van der Waals surface area contributed by atoms with Gasteiger partial charge in [0.25, 0.3) is 0 Å². The van der Waals surface area contributed by atoms with Crippen molar-refractivity contribution >= 4 is 17.9 Å². The number of alkyl halides is 3. The summed E-state index contributed by atoms with van der Waals surface area (Å²) in [4.78, 5) is 18.0. The van der Waals surface area contributed by atoms with Crippen LogP contribution in [0.2, 0.25) is 5.02 Å². The monoisotopic (exact) mass is 462 g/mol. The lowest BCUT2D eigenvalue weighted by Crippen LogP contribution is -2.22. The first kappa shape index (κ1) is 22.1. The molecule has 0 spiro atoms. The third-order valence-corrected chi connectivity index (χ3v) is 5.35. The van der Waals surface area contributed by atoms with E-state index in [1.165, 1.54) is 24.3 Å². The van der Waals surface area contributed by atoms with E-state index in [0.717, 1.165) is 23.1 Å². The van der Waals surface area contributed by atoms with Crippen molar-refractivity contribution in [3.05, 3.63) is 88.2 Å². The Morgan fingerprint density at radius 1 is 1.12 bits per heavy atom. The Kier molecular flexibility index (Phi) is 6.34. The van der Waals surface area contributed by atoms with Crippen molar-refractivity contribution in [3.63, 3.8) is 0 Å². The highest BCUT2D eigenvalue weighted by molar-refractivity contribution is 6.31. The topological polar surface area (TPSA) is 51.7 Å². The molecule has 166 valence electrons. The lowest BCUT2D eigenvalue weighted by Gasteiger charge is -2.21. The van der Waals surface area contributed by atoms with Crippen molar-refractivity contribution in [2.24, 2.45) is 0 Å². The molecule has 1 aliphatic heterocycles. The van der Waals surface area contributed by atoms with Crippen LogP contribution in [-0.2, 0) is 24.5 Å². The third-order valence-electron chi connectivity index (χ3n) is 5.04. The highest BCUT2D eigenvalue weighted by Crippen LogP contribution is 2.40. The molecule has 2 heterocycles.